The fraction of sp³-hybridized carbons (Fsp3) is 0.812. The molecule has 0 amide bonds. The van der Waals surface area contributed by atoms with E-state index in [9.17, 15) is 0 Å². The lowest BCUT2D eigenvalue weighted by atomic mass is 10.1. The van der Waals surface area contributed by atoms with Crippen LogP contribution in [0, 0.1) is 6.92 Å². The molecule has 0 saturated carbocycles. The summed E-state index contributed by atoms with van der Waals surface area (Å²) >= 11 is 0. The Morgan fingerprint density at radius 1 is 1.38 bits per heavy atom. The van der Waals surface area contributed by atoms with Gasteiger partial charge in [-0.1, -0.05) is 13.8 Å². The molecule has 0 bridgehead atoms. The van der Waals surface area contributed by atoms with Gasteiger partial charge in [-0.15, -0.1) is 0 Å². The highest BCUT2D eigenvalue weighted by atomic mass is 15.4. The quantitative estimate of drug-likeness (QED) is 0.864. The first-order valence-electron chi connectivity index (χ1n) is 8.24. The Morgan fingerprint density at radius 3 is 2.62 bits per heavy atom. The van der Waals surface area contributed by atoms with E-state index < -0.39 is 0 Å². The van der Waals surface area contributed by atoms with Gasteiger partial charge in [-0.25, -0.2) is 0 Å². The summed E-state index contributed by atoms with van der Waals surface area (Å²) in [5, 5.41) is 4.62. The van der Waals surface area contributed by atoms with Crippen molar-refractivity contribution < 1.29 is 0 Å². The molecule has 2 unspecified atom stereocenters. The minimum atomic E-state index is 0.174. The summed E-state index contributed by atoms with van der Waals surface area (Å²) in [5.74, 6) is 1.28. The number of hydrogen-bond acceptors (Lipinski definition) is 4. The summed E-state index contributed by atoms with van der Waals surface area (Å²) in [5.41, 5.74) is 8.47. The van der Waals surface area contributed by atoms with Gasteiger partial charge in [0.25, 0.3) is 0 Å². The molecule has 2 atom stereocenters. The number of likely N-dealkylation sites (N-methyl/N-ethyl adjacent to an activating group) is 1. The molecule has 0 aromatic carbocycles. The Labute approximate surface area is 129 Å². The molecule has 1 aromatic heterocycles. The minimum Gasteiger partial charge on any atom is -0.355 e. The van der Waals surface area contributed by atoms with Gasteiger partial charge in [0.1, 0.15) is 5.82 Å². The normalized spacial score (nSPS) is 20.5. The second kappa shape index (κ2) is 6.79. The van der Waals surface area contributed by atoms with Gasteiger partial charge >= 0.3 is 0 Å². The van der Waals surface area contributed by atoms with Crippen LogP contribution in [0.3, 0.4) is 0 Å². The van der Waals surface area contributed by atoms with Crippen LogP contribution in [0.25, 0.3) is 0 Å². The number of nitrogens with two attached hydrogens (primary N) is 1. The highest BCUT2D eigenvalue weighted by molar-refractivity contribution is 5.51. The van der Waals surface area contributed by atoms with Crippen LogP contribution >= 0.6 is 0 Å². The molecule has 1 aliphatic rings. The van der Waals surface area contributed by atoms with Crippen molar-refractivity contribution in [1.29, 1.82) is 0 Å². The Kier molecular flexibility index (Phi) is 5.27. The number of rotatable bonds is 6. The highest BCUT2D eigenvalue weighted by Gasteiger charge is 2.30. The fourth-order valence-electron chi connectivity index (χ4n) is 3.62. The standard InChI is InChI=1S/C16H31N5/c1-6-20(7-2)14-8-9-21(11-14)16-15(10-12(3)17)13(4)18-19(16)5/h12,14H,6-11,17H2,1-5H3. The first-order valence-corrected chi connectivity index (χ1v) is 8.24. The van der Waals surface area contributed by atoms with E-state index in [1.54, 1.807) is 0 Å². The Balaban J connectivity index is 2.19. The molecule has 5 nitrogen and oxygen atoms in total. The van der Waals surface area contributed by atoms with E-state index >= 15 is 0 Å². The summed E-state index contributed by atoms with van der Waals surface area (Å²) in [7, 11) is 2.05. The summed E-state index contributed by atoms with van der Waals surface area (Å²) in [6.07, 6.45) is 2.14. The minimum absolute atomic E-state index is 0.174. The van der Waals surface area contributed by atoms with E-state index in [2.05, 4.69) is 49.6 Å². The van der Waals surface area contributed by atoms with Crippen molar-refractivity contribution in [3.05, 3.63) is 11.3 Å². The van der Waals surface area contributed by atoms with E-state index in [4.69, 9.17) is 5.73 Å². The van der Waals surface area contributed by atoms with Crippen molar-refractivity contribution in [3.8, 4) is 0 Å². The lowest BCUT2D eigenvalue weighted by molar-refractivity contribution is 0.232. The maximum Gasteiger partial charge on any atom is 0.130 e. The van der Waals surface area contributed by atoms with Gasteiger partial charge in [-0.2, -0.15) is 5.10 Å². The average Bonchev–Trinajstić information content (AvgIpc) is 2.97. The fourth-order valence-corrected chi connectivity index (χ4v) is 3.62. The molecule has 2 heterocycles. The molecule has 0 aliphatic carbocycles. The SMILES string of the molecule is CCN(CC)C1CCN(c2c(CC(C)N)c(C)nn2C)C1. The van der Waals surface area contributed by atoms with Crippen LogP contribution in [0.4, 0.5) is 5.82 Å². The predicted octanol–water partition coefficient (Wildman–Crippen LogP) is 1.54. The molecule has 1 fully saturated rings. The maximum absolute atomic E-state index is 6.02. The largest absolute Gasteiger partial charge is 0.355 e. The molecule has 0 spiro atoms. The molecule has 1 saturated heterocycles. The van der Waals surface area contributed by atoms with E-state index in [0.717, 1.165) is 38.3 Å². The number of anilines is 1. The number of aryl methyl sites for hydroxylation is 2. The molecular weight excluding hydrogens is 262 g/mol. The topological polar surface area (TPSA) is 50.3 Å². The predicted molar refractivity (Wildman–Crippen MR) is 88.8 cm³/mol. The third-order valence-corrected chi connectivity index (χ3v) is 4.63. The third-order valence-electron chi connectivity index (χ3n) is 4.63. The molecule has 5 heteroatoms. The van der Waals surface area contributed by atoms with Crippen LogP contribution in [-0.4, -0.2) is 52.9 Å². The van der Waals surface area contributed by atoms with Gasteiger partial charge in [0.05, 0.1) is 5.69 Å². The van der Waals surface area contributed by atoms with Crippen LogP contribution in [0.5, 0.6) is 0 Å². The first kappa shape index (κ1) is 16.3. The Hall–Kier alpha value is -1.07. The molecular formula is C16H31N5. The van der Waals surface area contributed by atoms with Crippen molar-refractivity contribution in [2.24, 2.45) is 12.8 Å². The molecule has 120 valence electrons. The molecule has 21 heavy (non-hydrogen) atoms. The molecule has 1 aliphatic heterocycles. The highest BCUT2D eigenvalue weighted by Crippen LogP contribution is 2.29. The van der Waals surface area contributed by atoms with E-state index in [0.29, 0.717) is 6.04 Å². The second-order valence-corrected chi connectivity index (χ2v) is 6.30. The third kappa shape index (κ3) is 3.40. The Bertz CT molecular complexity index is 461. The first-order chi connectivity index (χ1) is 9.97. The molecule has 0 radical (unpaired) electrons. The van der Waals surface area contributed by atoms with Crippen molar-refractivity contribution in [2.75, 3.05) is 31.1 Å². The van der Waals surface area contributed by atoms with Gasteiger partial charge < -0.3 is 10.6 Å². The van der Waals surface area contributed by atoms with Crippen LogP contribution in [0.1, 0.15) is 38.4 Å². The monoisotopic (exact) mass is 293 g/mol. The number of nitrogens with zero attached hydrogens (tertiary/aromatic N) is 4. The lowest BCUT2D eigenvalue weighted by Gasteiger charge is -2.27. The van der Waals surface area contributed by atoms with Gasteiger partial charge in [0, 0.05) is 37.8 Å². The smallest absolute Gasteiger partial charge is 0.130 e. The summed E-state index contributed by atoms with van der Waals surface area (Å²) in [6.45, 7) is 13.2. The Morgan fingerprint density at radius 2 is 2.05 bits per heavy atom. The summed E-state index contributed by atoms with van der Waals surface area (Å²) in [6, 6.07) is 0.839. The zero-order chi connectivity index (χ0) is 15.6. The maximum atomic E-state index is 6.02. The van der Waals surface area contributed by atoms with Crippen LogP contribution in [0.15, 0.2) is 0 Å². The van der Waals surface area contributed by atoms with E-state index in [-0.39, 0.29) is 6.04 Å². The summed E-state index contributed by atoms with van der Waals surface area (Å²) < 4.78 is 2.04. The number of aromatic nitrogens is 2. The van der Waals surface area contributed by atoms with Crippen molar-refractivity contribution in [3.63, 3.8) is 0 Å². The van der Waals surface area contributed by atoms with E-state index in [1.165, 1.54) is 17.8 Å². The van der Waals surface area contributed by atoms with Crippen LogP contribution in [-0.2, 0) is 13.5 Å². The van der Waals surface area contributed by atoms with Gasteiger partial charge in [0.15, 0.2) is 0 Å². The number of hydrogen-bond donors (Lipinski definition) is 1. The van der Waals surface area contributed by atoms with E-state index in [1.807, 2.05) is 4.68 Å². The molecule has 2 N–H and O–H groups in total. The van der Waals surface area contributed by atoms with Crippen LogP contribution in [0.2, 0.25) is 0 Å². The zero-order valence-corrected chi connectivity index (χ0v) is 14.3. The molecule has 1 aromatic rings. The lowest BCUT2D eigenvalue weighted by Crippen LogP contribution is -2.37. The average molecular weight is 293 g/mol. The summed E-state index contributed by atoms with van der Waals surface area (Å²) in [4.78, 5) is 5.06. The van der Waals surface area contributed by atoms with Gasteiger partial charge in [-0.05, 0) is 39.8 Å². The molecule has 2 rings (SSSR count). The van der Waals surface area contributed by atoms with Crippen molar-refractivity contribution >= 4 is 5.82 Å². The van der Waals surface area contributed by atoms with Crippen LogP contribution < -0.4 is 10.6 Å². The van der Waals surface area contributed by atoms with Crippen molar-refractivity contribution in [2.45, 2.75) is 52.6 Å². The zero-order valence-electron chi connectivity index (χ0n) is 14.3. The second-order valence-electron chi connectivity index (χ2n) is 6.30. The van der Waals surface area contributed by atoms with Crippen molar-refractivity contribution in [1.82, 2.24) is 14.7 Å². The van der Waals surface area contributed by atoms with Gasteiger partial charge in [-0.3, -0.25) is 9.58 Å². The van der Waals surface area contributed by atoms with Gasteiger partial charge in [0.2, 0.25) is 0 Å².